The van der Waals surface area contributed by atoms with E-state index in [1.165, 1.54) is 0 Å². The standard InChI is InChI=1S/C19H23N5O/c1-14-9-12-24(22-14)17-6-4-15(5-7-17)19(25)23-11-2-3-16(13-23)18-8-10-20-21-18/h4-8,10,16H,2-3,9,11-13H2,1H3,(H,20,21)/t16-/m1/s1. The third-order valence-electron chi connectivity index (χ3n) is 5.06. The number of carbonyl (C=O) groups is 1. The number of benzene rings is 1. The fourth-order valence-corrected chi connectivity index (χ4v) is 3.63. The van der Waals surface area contributed by atoms with Crippen molar-refractivity contribution in [3.05, 3.63) is 47.8 Å². The summed E-state index contributed by atoms with van der Waals surface area (Å²) in [5, 5.41) is 13.6. The molecule has 2 aliphatic rings. The maximum atomic E-state index is 12.9. The summed E-state index contributed by atoms with van der Waals surface area (Å²) in [6.45, 7) is 4.53. The highest BCUT2D eigenvalue weighted by Gasteiger charge is 2.26. The van der Waals surface area contributed by atoms with Gasteiger partial charge < -0.3 is 4.90 Å². The molecule has 6 heteroatoms. The van der Waals surface area contributed by atoms with Gasteiger partial charge in [-0.2, -0.15) is 10.2 Å². The van der Waals surface area contributed by atoms with Crippen LogP contribution in [-0.4, -0.2) is 46.4 Å². The number of hydrazone groups is 1. The van der Waals surface area contributed by atoms with Crippen molar-refractivity contribution in [1.82, 2.24) is 15.1 Å². The predicted octanol–water partition coefficient (Wildman–Crippen LogP) is 3.02. The molecule has 130 valence electrons. The second-order valence-electron chi connectivity index (χ2n) is 6.86. The van der Waals surface area contributed by atoms with Crippen LogP contribution < -0.4 is 5.01 Å². The molecule has 3 heterocycles. The lowest BCUT2D eigenvalue weighted by Crippen LogP contribution is -2.39. The van der Waals surface area contributed by atoms with Crippen molar-refractivity contribution in [1.29, 1.82) is 0 Å². The Hall–Kier alpha value is -2.63. The van der Waals surface area contributed by atoms with E-state index in [1.54, 1.807) is 6.20 Å². The Bertz CT molecular complexity index is 766. The molecule has 0 saturated carbocycles. The minimum atomic E-state index is 0.108. The molecule has 0 aliphatic carbocycles. The smallest absolute Gasteiger partial charge is 0.253 e. The van der Waals surface area contributed by atoms with Crippen molar-refractivity contribution in [3.8, 4) is 0 Å². The predicted molar refractivity (Wildman–Crippen MR) is 98.0 cm³/mol. The van der Waals surface area contributed by atoms with Gasteiger partial charge in [-0.05, 0) is 50.1 Å². The summed E-state index contributed by atoms with van der Waals surface area (Å²) >= 11 is 0. The maximum absolute atomic E-state index is 12.9. The molecule has 1 aromatic carbocycles. The number of rotatable bonds is 3. The number of aromatic amines is 1. The van der Waals surface area contributed by atoms with Crippen LogP contribution in [0.15, 0.2) is 41.6 Å². The lowest BCUT2D eigenvalue weighted by molar-refractivity contribution is 0.0706. The molecule has 25 heavy (non-hydrogen) atoms. The van der Waals surface area contributed by atoms with Crippen LogP contribution in [0.3, 0.4) is 0 Å². The van der Waals surface area contributed by atoms with E-state index < -0.39 is 0 Å². The number of likely N-dealkylation sites (tertiary alicyclic amines) is 1. The molecule has 1 atom stereocenters. The van der Waals surface area contributed by atoms with E-state index >= 15 is 0 Å². The van der Waals surface area contributed by atoms with Crippen LogP contribution in [0.5, 0.6) is 0 Å². The fraction of sp³-hybridized carbons (Fsp3) is 0.421. The Kier molecular flexibility index (Phi) is 4.26. The Morgan fingerprint density at radius 1 is 1.20 bits per heavy atom. The lowest BCUT2D eigenvalue weighted by Gasteiger charge is -2.32. The molecule has 6 nitrogen and oxygen atoms in total. The second-order valence-corrected chi connectivity index (χ2v) is 6.86. The lowest BCUT2D eigenvalue weighted by atomic mass is 9.94. The van der Waals surface area contributed by atoms with Crippen molar-refractivity contribution in [2.45, 2.75) is 32.1 Å². The van der Waals surface area contributed by atoms with Gasteiger partial charge in [0.1, 0.15) is 0 Å². The van der Waals surface area contributed by atoms with Crippen molar-refractivity contribution in [2.24, 2.45) is 5.10 Å². The first kappa shape index (κ1) is 15.9. The molecule has 1 amide bonds. The van der Waals surface area contributed by atoms with Crippen molar-refractivity contribution in [2.75, 3.05) is 24.6 Å². The highest BCUT2D eigenvalue weighted by Crippen LogP contribution is 2.27. The molecule has 1 N–H and O–H groups in total. The SMILES string of the molecule is CC1=NN(c2ccc(C(=O)N3CCC[C@@H](c4ccn[nH]4)C3)cc2)CC1. The van der Waals surface area contributed by atoms with E-state index in [9.17, 15) is 4.79 Å². The molecule has 1 aromatic heterocycles. The third-order valence-corrected chi connectivity index (χ3v) is 5.06. The van der Waals surface area contributed by atoms with Crippen LogP contribution in [0.2, 0.25) is 0 Å². The Labute approximate surface area is 147 Å². The molecule has 1 fully saturated rings. The number of piperidine rings is 1. The van der Waals surface area contributed by atoms with Crippen LogP contribution in [0, 0.1) is 0 Å². The number of amides is 1. The number of hydrogen-bond donors (Lipinski definition) is 1. The second kappa shape index (κ2) is 6.70. The summed E-state index contributed by atoms with van der Waals surface area (Å²) in [5.41, 5.74) is 4.06. The van der Waals surface area contributed by atoms with Crippen molar-refractivity contribution < 1.29 is 4.79 Å². The first-order valence-electron chi connectivity index (χ1n) is 8.91. The van der Waals surface area contributed by atoms with E-state index in [0.717, 1.165) is 61.6 Å². The number of nitrogens with one attached hydrogen (secondary N) is 1. The number of hydrogen-bond acceptors (Lipinski definition) is 4. The van der Waals surface area contributed by atoms with E-state index in [1.807, 2.05) is 47.2 Å². The van der Waals surface area contributed by atoms with Gasteiger partial charge in [0.15, 0.2) is 0 Å². The number of aromatic nitrogens is 2. The van der Waals surface area contributed by atoms with Gasteiger partial charge in [-0.15, -0.1) is 0 Å². The highest BCUT2D eigenvalue weighted by molar-refractivity contribution is 5.94. The van der Waals surface area contributed by atoms with E-state index in [4.69, 9.17) is 0 Å². The average molecular weight is 337 g/mol. The molecular weight excluding hydrogens is 314 g/mol. The summed E-state index contributed by atoms with van der Waals surface area (Å²) < 4.78 is 0. The van der Waals surface area contributed by atoms with Gasteiger partial charge in [-0.25, -0.2) is 0 Å². The van der Waals surface area contributed by atoms with Crippen LogP contribution in [0.4, 0.5) is 5.69 Å². The van der Waals surface area contributed by atoms with Crippen molar-refractivity contribution >= 4 is 17.3 Å². The molecule has 0 bridgehead atoms. The Morgan fingerprint density at radius 3 is 2.72 bits per heavy atom. The fourth-order valence-electron chi connectivity index (χ4n) is 3.63. The van der Waals surface area contributed by atoms with Crippen LogP contribution >= 0.6 is 0 Å². The zero-order valence-corrected chi connectivity index (χ0v) is 14.5. The number of anilines is 1. The topological polar surface area (TPSA) is 64.6 Å². The summed E-state index contributed by atoms with van der Waals surface area (Å²) in [4.78, 5) is 14.8. The summed E-state index contributed by atoms with van der Waals surface area (Å²) in [5.74, 6) is 0.457. The molecule has 0 spiro atoms. The molecule has 2 aromatic rings. The Morgan fingerprint density at radius 2 is 2.04 bits per heavy atom. The van der Waals surface area contributed by atoms with Gasteiger partial charge in [0.2, 0.25) is 0 Å². The van der Waals surface area contributed by atoms with Gasteiger partial charge in [0.05, 0.1) is 5.69 Å². The van der Waals surface area contributed by atoms with E-state index in [2.05, 4.69) is 15.3 Å². The largest absolute Gasteiger partial charge is 0.338 e. The Balaban J connectivity index is 1.45. The number of nitrogens with zero attached hydrogens (tertiary/aromatic N) is 4. The number of H-pyrrole nitrogens is 1. The first-order chi connectivity index (χ1) is 12.2. The normalized spacial score (nSPS) is 20.7. The van der Waals surface area contributed by atoms with E-state index in [-0.39, 0.29) is 5.91 Å². The minimum absolute atomic E-state index is 0.108. The highest BCUT2D eigenvalue weighted by atomic mass is 16.2. The maximum Gasteiger partial charge on any atom is 0.253 e. The number of carbonyl (C=O) groups excluding carboxylic acids is 1. The molecule has 4 rings (SSSR count). The van der Waals surface area contributed by atoms with Gasteiger partial charge in [-0.1, -0.05) is 0 Å². The minimum Gasteiger partial charge on any atom is -0.338 e. The summed E-state index contributed by atoms with van der Waals surface area (Å²) in [7, 11) is 0. The van der Waals surface area contributed by atoms with Crippen LogP contribution in [0.25, 0.3) is 0 Å². The zero-order valence-electron chi connectivity index (χ0n) is 14.5. The molecular formula is C19H23N5O. The monoisotopic (exact) mass is 337 g/mol. The average Bonchev–Trinajstić information content (AvgIpc) is 3.33. The van der Waals surface area contributed by atoms with Crippen LogP contribution in [0.1, 0.15) is 48.2 Å². The van der Waals surface area contributed by atoms with Crippen molar-refractivity contribution in [3.63, 3.8) is 0 Å². The third kappa shape index (κ3) is 3.29. The van der Waals surface area contributed by atoms with Gasteiger partial charge in [-0.3, -0.25) is 14.9 Å². The summed E-state index contributed by atoms with van der Waals surface area (Å²) in [6.07, 6.45) is 4.90. The first-order valence-corrected chi connectivity index (χ1v) is 8.91. The van der Waals surface area contributed by atoms with Crippen LogP contribution in [-0.2, 0) is 0 Å². The van der Waals surface area contributed by atoms with E-state index in [0.29, 0.717) is 5.92 Å². The van der Waals surface area contributed by atoms with Gasteiger partial charge >= 0.3 is 0 Å². The summed E-state index contributed by atoms with van der Waals surface area (Å²) in [6, 6.07) is 9.82. The molecule has 1 saturated heterocycles. The molecule has 2 aliphatic heterocycles. The molecule has 0 radical (unpaired) electrons. The quantitative estimate of drug-likeness (QED) is 0.936. The van der Waals surface area contributed by atoms with Gasteiger partial charge in [0.25, 0.3) is 5.91 Å². The van der Waals surface area contributed by atoms with Gasteiger partial charge in [0, 0.05) is 55.1 Å². The molecule has 0 unspecified atom stereocenters. The zero-order chi connectivity index (χ0) is 17.2.